The molecule has 114 valence electrons. The molecule has 3 atom stereocenters. The monoisotopic (exact) mass is 306 g/mol. The molecule has 1 fully saturated rings. The highest BCUT2D eigenvalue weighted by molar-refractivity contribution is 7.89. The van der Waals surface area contributed by atoms with E-state index in [0.717, 1.165) is 23.7 Å². The molecule has 0 aromatic heterocycles. The fourth-order valence-electron chi connectivity index (χ4n) is 3.45. The number of rotatable bonds is 5. The lowest BCUT2D eigenvalue weighted by molar-refractivity contribution is 0.472. The van der Waals surface area contributed by atoms with Gasteiger partial charge in [-0.3, -0.25) is 0 Å². The van der Waals surface area contributed by atoms with Gasteiger partial charge in [-0.1, -0.05) is 18.2 Å². The summed E-state index contributed by atoms with van der Waals surface area (Å²) >= 11 is 0. The van der Waals surface area contributed by atoms with Gasteiger partial charge in [0.05, 0.1) is 4.90 Å². The van der Waals surface area contributed by atoms with E-state index in [-0.39, 0.29) is 0 Å². The molecular weight excluding hydrogens is 284 g/mol. The second kappa shape index (κ2) is 5.46. The number of hydrogen-bond donors (Lipinski definition) is 2. The van der Waals surface area contributed by atoms with Crippen LogP contribution in [0, 0.1) is 24.7 Å². The van der Waals surface area contributed by atoms with Crippen molar-refractivity contribution in [2.45, 2.75) is 24.7 Å². The molecule has 0 spiro atoms. The van der Waals surface area contributed by atoms with Crippen molar-refractivity contribution in [2.75, 3.05) is 18.9 Å². The van der Waals surface area contributed by atoms with Crippen LogP contribution in [0.3, 0.4) is 0 Å². The highest BCUT2D eigenvalue weighted by Gasteiger charge is 2.35. The molecule has 21 heavy (non-hydrogen) atoms. The van der Waals surface area contributed by atoms with E-state index in [1.165, 1.54) is 19.9 Å². The Balaban J connectivity index is 1.73. The van der Waals surface area contributed by atoms with Gasteiger partial charge >= 0.3 is 0 Å². The van der Waals surface area contributed by atoms with Crippen LogP contribution >= 0.6 is 0 Å². The van der Waals surface area contributed by atoms with Crippen LogP contribution in [0.1, 0.15) is 18.4 Å². The second-order valence-corrected chi connectivity index (χ2v) is 7.99. The quantitative estimate of drug-likeness (QED) is 0.822. The van der Waals surface area contributed by atoms with E-state index < -0.39 is 10.0 Å². The Kier molecular flexibility index (Phi) is 3.80. The molecule has 0 aliphatic heterocycles. The molecule has 0 saturated heterocycles. The second-order valence-electron chi connectivity index (χ2n) is 6.11. The van der Waals surface area contributed by atoms with E-state index >= 15 is 0 Å². The molecule has 2 aliphatic carbocycles. The number of benzene rings is 1. The SMILES string of the molecule is CNS(=O)(=O)c1ccc(C)c(NCC2CC3C=CC2C3)c1. The zero-order chi connectivity index (χ0) is 15.0. The van der Waals surface area contributed by atoms with E-state index in [2.05, 4.69) is 22.2 Å². The van der Waals surface area contributed by atoms with Gasteiger partial charge < -0.3 is 5.32 Å². The molecule has 2 N–H and O–H groups in total. The number of nitrogens with one attached hydrogen (secondary N) is 2. The van der Waals surface area contributed by atoms with Crippen LogP contribution in [0.25, 0.3) is 0 Å². The molecule has 1 aromatic rings. The first-order valence-electron chi connectivity index (χ1n) is 7.46. The first kappa shape index (κ1) is 14.6. The van der Waals surface area contributed by atoms with Gasteiger partial charge in [0, 0.05) is 12.2 Å². The van der Waals surface area contributed by atoms with Crippen molar-refractivity contribution in [1.29, 1.82) is 0 Å². The smallest absolute Gasteiger partial charge is 0.240 e. The Morgan fingerprint density at radius 3 is 2.67 bits per heavy atom. The lowest BCUT2D eigenvalue weighted by Crippen LogP contribution is -2.20. The Morgan fingerprint density at radius 1 is 1.24 bits per heavy atom. The predicted octanol–water partition coefficient (Wildman–Crippen LogP) is 2.53. The molecule has 5 heteroatoms. The van der Waals surface area contributed by atoms with Crippen LogP contribution in [-0.2, 0) is 10.0 Å². The van der Waals surface area contributed by atoms with Gasteiger partial charge in [0.2, 0.25) is 10.0 Å². The first-order chi connectivity index (χ1) is 9.99. The molecule has 1 saturated carbocycles. The average Bonchev–Trinajstić information content (AvgIpc) is 3.08. The highest BCUT2D eigenvalue weighted by Crippen LogP contribution is 2.43. The van der Waals surface area contributed by atoms with Gasteiger partial charge in [0.15, 0.2) is 0 Å². The third-order valence-corrected chi connectivity index (χ3v) is 6.17. The zero-order valence-electron chi connectivity index (χ0n) is 12.5. The van der Waals surface area contributed by atoms with Gasteiger partial charge in [-0.05, 0) is 62.3 Å². The molecule has 3 unspecified atom stereocenters. The molecule has 0 heterocycles. The summed E-state index contributed by atoms with van der Waals surface area (Å²) in [6.07, 6.45) is 7.23. The van der Waals surface area contributed by atoms with E-state index in [1.807, 2.05) is 13.0 Å². The fourth-order valence-corrected chi connectivity index (χ4v) is 4.20. The number of fused-ring (bicyclic) bond motifs is 2. The van der Waals surface area contributed by atoms with E-state index in [1.54, 1.807) is 12.1 Å². The maximum absolute atomic E-state index is 11.9. The summed E-state index contributed by atoms with van der Waals surface area (Å²) in [4.78, 5) is 0.311. The average molecular weight is 306 g/mol. The van der Waals surface area contributed by atoms with Gasteiger partial charge in [0.1, 0.15) is 0 Å². The van der Waals surface area contributed by atoms with E-state index in [0.29, 0.717) is 16.7 Å². The summed E-state index contributed by atoms with van der Waals surface area (Å²) in [5.74, 6) is 2.13. The lowest BCUT2D eigenvalue weighted by atomic mass is 9.93. The number of sulfonamides is 1. The van der Waals surface area contributed by atoms with Crippen molar-refractivity contribution >= 4 is 15.7 Å². The fraction of sp³-hybridized carbons (Fsp3) is 0.500. The molecule has 3 rings (SSSR count). The van der Waals surface area contributed by atoms with Crippen molar-refractivity contribution in [2.24, 2.45) is 17.8 Å². The summed E-state index contributed by atoms with van der Waals surface area (Å²) in [6.45, 7) is 2.91. The van der Waals surface area contributed by atoms with Crippen molar-refractivity contribution < 1.29 is 8.42 Å². The minimum atomic E-state index is -3.38. The third kappa shape index (κ3) is 2.85. The molecule has 2 bridgehead atoms. The molecule has 2 aliphatic rings. The van der Waals surface area contributed by atoms with Gasteiger partial charge in [-0.2, -0.15) is 0 Å². The zero-order valence-corrected chi connectivity index (χ0v) is 13.3. The number of anilines is 1. The summed E-state index contributed by atoms with van der Waals surface area (Å²) in [7, 11) is -1.95. The molecule has 0 radical (unpaired) electrons. The van der Waals surface area contributed by atoms with E-state index in [4.69, 9.17) is 0 Å². The summed E-state index contributed by atoms with van der Waals surface area (Å²) in [6, 6.07) is 5.23. The van der Waals surface area contributed by atoms with Gasteiger partial charge in [0.25, 0.3) is 0 Å². The van der Waals surface area contributed by atoms with Crippen molar-refractivity contribution in [3.05, 3.63) is 35.9 Å². The molecule has 1 aromatic carbocycles. The van der Waals surface area contributed by atoms with Crippen LogP contribution in [-0.4, -0.2) is 22.0 Å². The van der Waals surface area contributed by atoms with Crippen molar-refractivity contribution in [3.63, 3.8) is 0 Å². The maximum Gasteiger partial charge on any atom is 0.240 e. The van der Waals surface area contributed by atoms with Crippen LogP contribution < -0.4 is 10.0 Å². The van der Waals surface area contributed by atoms with Crippen molar-refractivity contribution in [3.8, 4) is 0 Å². The minimum absolute atomic E-state index is 0.311. The van der Waals surface area contributed by atoms with Crippen LogP contribution in [0.15, 0.2) is 35.2 Å². The Labute approximate surface area is 126 Å². The van der Waals surface area contributed by atoms with Gasteiger partial charge in [-0.25, -0.2) is 13.1 Å². The van der Waals surface area contributed by atoms with Gasteiger partial charge in [-0.15, -0.1) is 0 Å². The maximum atomic E-state index is 11.9. The summed E-state index contributed by atoms with van der Waals surface area (Å²) in [5.41, 5.74) is 1.99. The number of aryl methyl sites for hydroxylation is 1. The van der Waals surface area contributed by atoms with Crippen molar-refractivity contribution in [1.82, 2.24) is 4.72 Å². The summed E-state index contributed by atoms with van der Waals surface area (Å²) < 4.78 is 26.1. The first-order valence-corrected chi connectivity index (χ1v) is 8.94. The third-order valence-electron chi connectivity index (χ3n) is 4.76. The lowest BCUT2D eigenvalue weighted by Gasteiger charge is -2.20. The number of hydrogen-bond acceptors (Lipinski definition) is 3. The highest BCUT2D eigenvalue weighted by atomic mass is 32.2. The molecular formula is C16H22N2O2S. The molecule has 0 amide bonds. The Hall–Kier alpha value is -1.33. The number of allylic oxidation sites excluding steroid dienone is 2. The Morgan fingerprint density at radius 2 is 2.05 bits per heavy atom. The Bertz CT molecular complexity index is 667. The predicted molar refractivity (Wildman–Crippen MR) is 84.8 cm³/mol. The minimum Gasteiger partial charge on any atom is -0.384 e. The largest absolute Gasteiger partial charge is 0.384 e. The van der Waals surface area contributed by atoms with Crippen LogP contribution in [0.2, 0.25) is 0 Å². The topological polar surface area (TPSA) is 58.2 Å². The molecule has 4 nitrogen and oxygen atoms in total. The van der Waals surface area contributed by atoms with Crippen LogP contribution in [0.5, 0.6) is 0 Å². The standard InChI is InChI=1S/C16H22N2O2S/c1-11-3-6-15(21(19,20)17-2)9-16(11)18-10-14-8-12-4-5-13(14)7-12/h3-6,9,12-14,17-18H,7-8,10H2,1-2H3. The van der Waals surface area contributed by atoms with Crippen LogP contribution in [0.4, 0.5) is 5.69 Å². The normalized spacial score (nSPS) is 27.2. The summed E-state index contributed by atoms with van der Waals surface area (Å²) in [5, 5.41) is 3.45. The van der Waals surface area contributed by atoms with E-state index in [9.17, 15) is 8.42 Å².